The van der Waals surface area contributed by atoms with E-state index in [1.807, 2.05) is 6.92 Å². The molecule has 0 aliphatic carbocycles. The second-order valence-electron chi connectivity index (χ2n) is 5.22. The fourth-order valence-corrected chi connectivity index (χ4v) is 3.38. The molecular formula is C13H19N5O2S2. The highest BCUT2D eigenvalue weighted by molar-refractivity contribution is 8.02. The summed E-state index contributed by atoms with van der Waals surface area (Å²) in [4.78, 5) is 12.1. The molecule has 22 heavy (non-hydrogen) atoms. The van der Waals surface area contributed by atoms with Gasteiger partial charge in [-0.25, -0.2) is 0 Å². The molecule has 0 spiro atoms. The minimum Gasteiger partial charge on any atom is -0.360 e. The maximum absolute atomic E-state index is 12.1. The van der Waals surface area contributed by atoms with Gasteiger partial charge < -0.3 is 15.2 Å². The molecule has 9 heteroatoms. The van der Waals surface area contributed by atoms with E-state index in [0.29, 0.717) is 17.5 Å². The first kappa shape index (κ1) is 16.8. The molecule has 2 heterocycles. The van der Waals surface area contributed by atoms with Gasteiger partial charge in [0.25, 0.3) is 0 Å². The van der Waals surface area contributed by atoms with Crippen LogP contribution in [-0.2, 0) is 4.79 Å². The molecule has 0 saturated carbocycles. The van der Waals surface area contributed by atoms with Gasteiger partial charge in [-0.15, -0.1) is 10.2 Å². The molecule has 1 atom stereocenters. The van der Waals surface area contributed by atoms with E-state index in [9.17, 15) is 4.79 Å². The van der Waals surface area contributed by atoms with Crippen LogP contribution in [0.15, 0.2) is 14.9 Å². The number of aryl methyl sites for hydroxylation is 1. The first-order valence-corrected chi connectivity index (χ1v) is 8.62. The first-order chi connectivity index (χ1) is 10.4. The number of carbonyl (C=O) groups is 1. The molecule has 2 aromatic heterocycles. The summed E-state index contributed by atoms with van der Waals surface area (Å²) in [5, 5.41) is 18.3. The van der Waals surface area contributed by atoms with E-state index in [2.05, 4.69) is 39.8 Å². The maximum atomic E-state index is 12.1. The highest BCUT2D eigenvalue weighted by Gasteiger charge is 2.18. The second-order valence-corrected chi connectivity index (χ2v) is 7.79. The van der Waals surface area contributed by atoms with Crippen molar-refractivity contribution >= 4 is 40.0 Å². The van der Waals surface area contributed by atoms with Crippen molar-refractivity contribution in [2.45, 2.75) is 37.3 Å². The molecule has 0 aliphatic rings. The van der Waals surface area contributed by atoms with E-state index in [-0.39, 0.29) is 11.2 Å². The van der Waals surface area contributed by atoms with E-state index in [1.54, 1.807) is 13.0 Å². The topological polar surface area (TPSA) is 92.9 Å². The molecule has 7 nitrogen and oxygen atoms in total. The summed E-state index contributed by atoms with van der Waals surface area (Å²) in [7, 11) is 0. The van der Waals surface area contributed by atoms with Crippen molar-refractivity contribution in [2.24, 2.45) is 5.92 Å². The van der Waals surface area contributed by atoms with Crippen LogP contribution in [0.5, 0.6) is 0 Å². The van der Waals surface area contributed by atoms with E-state index in [0.717, 1.165) is 16.0 Å². The Labute approximate surface area is 137 Å². The van der Waals surface area contributed by atoms with Crippen molar-refractivity contribution in [3.8, 4) is 0 Å². The summed E-state index contributed by atoms with van der Waals surface area (Å²) in [6.07, 6.45) is 0. The van der Waals surface area contributed by atoms with Crippen molar-refractivity contribution in [3.63, 3.8) is 0 Å². The molecule has 0 fully saturated rings. The van der Waals surface area contributed by atoms with Gasteiger partial charge >= 0.3 is 0 Å². The van der Waals surface area contributed by atoms with Crippen molar-refractivity contribution in [1.29, 1.82) is 0 Å². The zero-order chi connectivity index (χ0) is 16.1. The number of aromatic nitrogens is 3. The summed E-state index contributed by atoms with van der Waals surface area (Å²) < 4.78 is 5.67. The van der Waals surface area contributed by atoms with Crippen LogP contribution >= 0.6 is 23.1 Å². The van der Waals surface area contributed by atoms with Gasteiger partial charge in [-0.05, 0) is 19.8 Å². The van der Waals surface area contributed by atoms with Crippen molar-refractivity contribution < 1.29 is 9.32 Å². The Morgan fingerprint density at radius 3 is 2.82 bits per heavy atom. The second kappa shape index (κ2) is 7.59. The summed E-state index contributed by atoms with van der Waals surface area (Å²) >= 11 is 2.81. The molecule has 0 aliphatic heterocycles. The van der Waals surface area contributed by atoms with Gasteiger partial charge in [0.1, 0.15) is 5.76 Å². The Hall–Kier alpha value is -1.61. The van der Waals surface area contributed by atoms with Crippen LogP contribution in [0.4, 0.5) is 10.9 Å². The van der Waals surface area contributed by atoms with Gasteiger partial charge in [0, 0.05) is 12.6 Å². The summed E-state index contributed by atoms with van der Waals surface area (Å²) in [5.74, 6) is 1.47. The van der Waals surface area contributed by atoms with E-state index in [4.69, 9.17) is 4.52 Å². The molecule has 2 aromatic rings. The van der Waals surface area contributed by atoms with Gasteiger partial charge in [0.15, 0.2) is 10.2 Å². The molecule has 0 saturated heterocycles. The zero-order valence-corrected chi connectivity index (χ0v) is 14.5. The summed E-state index contributed by atoms with van der Waals surface area (Å²) in [6, 6.07) is 1.67. The lowest BCUT2D eigenvalue weighted by Crippen LogP contribution is -2.22. The smallest absolute Gasteiger partial charge is 0.238 e. The fourth-order valence-electron chi connectivity index (χ4n) is 1.48. The molecule has 0 radical (unpaired) electrons. The van der Waals surface area contributed by atoms with Crippen LogP contribution in [0.2, 0.25) is 0 Å². The third-order valence-electron chi connectivity index (χ3n) is 2.59. The lowest BCUT2D eigenvalue weighted by molar-refractivity contribution is -0.115. The average molecular weight is 341 g/mol. The predicted octanol–water partition coefficient (Wildman–Crippen LogP) is 3.02. The minimum absolute atomic E-state index is 0.148. The average Bonchev–Trinajstić information content (AvgIpc) is 3.05. The predicted molar refractivity (Wildman–Crippen MR) is 88.4 cm³/mol. The quantitative estimate of drug-likeness (QED) is 0.748. The minimum atomic E-state index is -0.303. The molecule has 1 unspecified atom stereocenters. The summed E-state index contributed by atoms with van der Waals surface area (Å²) in [6.45, 7) is 8.69. The summed E-state index contributed by atoms with van der Waals surface area (Å²) in [5.41, 5.74) is 0. The van der Waals surface area contributed by atoms with Crippen LogP contribution in [0, 0.1) is 12.8 Å². The fraction of sp³-hybridized carbons (Fsp3) is 0.538. The number of amides is 1. The number of rotatable bonds is 7. The Morgan fingerprint density at radius 2 is 2.18 bits per heavy atom. The lowest BCUT2D eigenvalue weighted by Gasteiger charge is -2.07. The van der Waals surface area contributed by atoms with E-state index < -0.39 is 0 Å². The monoisotopic (exact) mass is 341 g/mol. The van der Waals surface area contributed by atoms with Gasteiger partial charge in [0.05, 0.1) is 5.25 Å². The highest BCUT2D eigenvalue weighted by Crippen LogP contribution is 2.29. The lowest BCUT2D eigenvalue weighted by atomic mass is 10.2. The van der Waals surface area contributed by atoms with Crippen LogP contribution in [0.1, 0.15) is 26.5 Å². The van der Waals surface area contributed by atoms with Crippen molar-refractivity contribution in [2.75, 3.05) is 17.2 Å². The normalized spacial score (nSPS) is 12.4. The van der Waals surface area contributed by atoms with Crippen LogP contribution < -0.4 is 10.6 Å². The number of thioether (sulfide) groups is 1. The van der Waals surface area contributed by atoms with E-state index >= 15 is 0 Å². The van der Waals surface area contributed by atoms with Gasteiger partial charge in [-0.1, -0.05) is 42.1 Å². The van der Waals surface area contributed by atoms with E-state index in [1.165, 1.54) is 23.1 Å². The van der Waals surface area contributed by atoms with Crippen LogP contribution in [-0.4, -0.2) is 33.1 Å². The van der Waals surface area contributed by atoms with Gasteiger partial charge in [-0.3, -0.25) is 4.79 Å². The third kappa shape index (κ3) is 4.99. The molecule has 2 rings (SSSR count). The molecule has 1 amide bonds. The standard InChI is InChI=1S/C13H19N5O2S2/c1-7(2)6-14-12-16-17-13(22-12)21-9(4)11(19)15-10-5-8(3)20-18-10/h5,7,9H,6H2,1-4H3,(H,14,16)(H,15,18,19). The zero-order valence-electron chi connectivity index (χ0n) is 12.9. The van der Waals surface area contributed by atoms with Crippen molar-refractivity contribution in [1.82, 2.24) is 15.4 Å². The molecule has 2 N–H and O–H groups in total. The molecule has 0 aromatic carbocycles. The number of anilines is 2. The Kier molecular flexibility index (Phi) is 5.78. The Morgan fingerprint density at radius 1 is 1.41 bits per heavy atom. The van der Waals surface area contributed by atoms with Crippen molar-refractivity contribution in [3.05, 3.63) is 11.8 Å². The number of nitrogens with zero attached hydrogens (tertiary/aromatic N) is 3. The Balaban J connectivity index is 1.85. The molecule has 0 bridgehead atoms. The number of carbonyl (C=O) groups excluding carboxylic acids is 1. The number of nitrogens with one attached hydrogen (secondary N) is 2. The molecular weight excluding hydrogens is 322 g/mol. The van der Waals surface area contributed by atoms with Crippen LogP contribution in [0.3, 0.4) is 0 Å². The van der Waals surface area contributed by atoms with Gasteiger partial charge in [-0.2, -0.15) is 0 Å². The van der Waals surface area contributed by atoms with Gasteiger partial charge in [0.2, 0.25) is 11.0 Å². The Bertz CT molecular complexity index is 625. The molecule has 120 valence electrons. The SMILES string of the molecule is Cc1cc(NC(=O)C(C)Sc2nnc(NCC(C)C)s2)no1. The van der Waals surface area contributed by atoms with Crippen LogP contribution in [0.25, 0.3) is 0 Å². The highest BCUT2D eigenvalue weighted by atomic mass is 32.2. The number of hydrogen-bond acceptors (Lipinski definition) is 8. The largest absolute Gasteiger partial charge is 0.360 e. The number of hydrogen-bond donors (Lipinski definition) is 2. The maximum Gasteiger partial charge on any atom is 0.238 e. The first-order valence-electron chi connectivity index (χ1n) is 6.92. The third-order valence-corrected chi connectivity index (χ3v) is 4.66.